The number of rotatable bonds is 3. The molecule has 0 atom stereocenters. The summed E-state index contributed by atoms with van der Waals surface area (Å²) in [5.74, 6) is 0. The normalized spacial score (nSPS) is 11.5. The molecule has 1 aromatic rings. The number of halogens is 2. The molecule has 1 aromatic carbocycles. The molecule has 0 aliphatic heterocycles. The van der Waals surface area contributed by atoms with Gasteiger partial charge in [0.15, 0.2) is 0 Å². The summed E-state index contributed by atoms with van der Waals surface area (Å²) in [4.78, 5) is 0. The van der Waals surface area contributed by atoms with Crippen molar-refractivity contribution in [2.45, 2.75) is 0 Å². The van der Waals surface area contributed by atoms with Crippen LogP contribution in [0.1, 0.15) is 0 Å². The fourth-order valence-electron chi connectivity index (χ4n) is 0.639. The van der Waals surface area contributed by atoms with Crippen molar-refractivity contribution in [2.24, 2.45) is 0 Å². The monoisotopic (exact) mass is 193 g/mol. The lowest BCUT2D eigenvalue weighted by Crippen LogP contribution is -2.04. The van der Waals surface area contributed by atoms with E-state index >= 15 is 0 Å². The first-order chi connectivity index (χ1) is 5.73. The summed E-state index contributed by atoms with van der Waals surface area (Å²) >= 11 is 0. The van der Waals surface area contributed by atoms with Gasteiger partial charge in [-0.15, -0.1) is 0 Å². The van der Waals surface area contributed by atoms with E-state index in [0.717, 1.165) is 0 Å². The van der Waals surface area contributed by atoms with Crippen molar-refractivity contribution >= 4 is 12.9 Å². The zero-order chi connectivity index (χ0) is 9.03. The average Bonchev–Trinajstić information content (AvgIpc) is 2.18. The molecule has 3 nitrogen and oxygen atoms in total. The minimum atomic E-state index is -4.42. The summed E-state index contributed by atoms with van der Waals surface area (Å²) in [6.07, 6.45) is 0. The van der Waals surface area contributed by atoms with Crippen LogP contribution in [0, 0.1) is 6.07 Å². The van der Waals surface area contributed by atoms with Crippen LogP contribution in [0.2, 0.25) is 0 Å². The molecule has 0 unspecified atom stereocenters. The number of benzene rings is 1. The molecule has 0 saturated heterocycles. The second-order valence-electron chi connectivity index (χ2n) is 1.88. The minimum Gasteiger partial charge on any atom is -0.249 e. The van der Waals surface area contributed by atoms with Crippen molar-refractivity contribution in [1.82, 2.24) is 0 Å². The highest BCUT2D eigenvalue weighted by Gasteiger charge is 2.30. The fourth-order valence-corrected chi connectivity index (χ4v) is 1.31. The molecule has 0 bridgehead atoms. The Kier molecular flexibility index (Phi) is 2.92. The third kappa shape index (κ3) is 1.69. The first-order valence-electron chi connectivity index (χ1n) is 2.91. The van der Waals surface area contributed by atoms with Crippen molar-refractivity contribution < 1.29 is 23.1 Å². The maximum absolute atomic E-state index is 11.6. The molecule has 65 valence electrons. The summed E-state index contributed by atoms with van der Waals surface area (Å²) in [6.45, 7) is 0. The first kappa shape index (κ1) is 9.32. The zero-order valence-electron chi connectivity index (χ0n) is 5.74. The van der Waals surface area contributed by atoms with Gasteiger partial charge in [-0.25, -0.2) is 4.57 Å². The van der Waals surface area contributed by atoms with Gasteiger partial charge in [0.2, 0.25) is 0 Å². The van der Waals surface area contributed by atoms with Gasteiger partial charge in [0.1, 0.15) is 0 Å². The Morgan fingerprint density at radius 1 is 1.33 bits per heavy atom. The van der Waals surface area contributed by atoms with Crippen molar-refractivity contribution in [3.8, 4) is 0 Å². The molecule has 0 N–H and O–H groups in total. The highest BCUT2D eigenvalue weighted by Crippen LogP contribution is 2.47. The van der Waals surface area contributed by atoms with E-state index in [9.17, 15) is 13.6 Å². The molecular formula is C6H4F2O3P. The van der Waals surface area contributed by atoms with Crippen LogP contribution >= 0.6 is 7.60 Å². The van der Waals surface area contributed by atoms with Crippen LogP contribution < -0.4 is 5.30 Å². The average molecular weight is 193 g/mol. The molecule has 0 aliphatic rings. The number of hydrogen-bond donors (Lipinski definition) is 0. The number of hydrogen-bond acceptors (Lipinski definition) is 3. The molecule has 0 fully saturated rings. The van der Waals surface area contributed by atoms with E-state index in [4.69, 9.17) is 0 Å². The maximum atomic E-state index is 11.6. The van der Waals surface area contributed by atoms with Crippen LogP contribution in [-0.4, -0.2) is 0 Å². The molecule has 0 spiro atoms. The van der Waals surface area contributed by atoms with Crippen LogP contribution in [0.25, 0.3) is 0 Å². The second kappa shape index (κ2) is 3.76. The Morgan fingerprint density at radius 3 is 2.42 bits per heavy atom. The zero-order valence-corrected chi connectivity index (χ0v) is 6.63. The van der Waals surface area contributed by atoms with Gasteiger partial charge in [-0.2, -0.15) is 0 Å². The van der Waals surface area contributed by atoms with Crippen molar-refractivity contribution in [3.63, 3.8) is 0 Å². The van der Waals surface area contributed by atoms with Crippen LogP contribution in [0.5, 0.6) is 0 Å². The fraction of sp³-hybridized carbons (Fsp3) is 0. The van der Waals surface area contributed by atoms with E-state index in [2.05, 4.69) is 15.5 Å². The van der Waals surface area contributed by atoms with Crippen LogP contribution in [0.3, 0.4) is 0 Å². The predicted molar refractivity (Wildman–Crippen MR) is 36.9 cm³/mol. The molecule has 0 saturated carbocycles. The molecule has 1 rings (SSSR count). The smallest absolute Gasteiger partial charge is 0.249 e. The Bertz CT molecular complexity index is 282. The molecule has 1 radical (unpaired) electrons. The molecule has 0 amide bonds. The lowest BCUT2D eigenvalue weighted by molar-refractivity contribution is -0.0828. The van der Waals surface area contributed by atoms with Gasteiger partial charge >= 0.3 is 7.60 Å². The molecule has 6 heteroatoms. The molecule has 0 heterocycles. The maximum Gasteiger partial charge on any atom is 0.424 e. The summed E-state index contributed by atoms with van der Waals surface area (Å²) in [7, 11) is -4.42. The first-order valence-corrected chi connectivity index (χ1v) is 4.45. The van der Waals surface area contributed by atoms with E-state index in [-0.39, 0.29) is 5.30 Å². The van der Waals surface area contributed by atoms with Gasteiger partial charge < -0.3 is 0 Å². The lowest BCUT2D eigenvalue weighted by Gasteiger charge is -2.04. The van der Waals surface area contributed by atoms with Crippen molar-refractivity contribution in [1.29, 1.82) is 0 Å². The summed E-state index contributed by atoms with van der Waals surface area (Å²) in [5, 5.41) is -0.296. The molecule has 0 aliphatic carbocycles. The predicted octanol–water partition coefficient (Wildman–Crippen LogP) is 2.11. The second-order valence-corrected chi connectivity index (χ2v) is 3.64. The van der Waals surface area contributed by atoms with Crippen LogP contribution in [-0.2, 0) is 14.0 Å². The van der Waals surface area contributed by atoms with E-state index in [1.807, 2.05) is 0 Å². The SMILES string of the molecule is O=P(OF)(OF)c1[c]cccc1. The van der Waals surface area contributed by atoms with Gasteiger partial charge in [0.05, 0.1) is 5.30 Å². The highest BCUT2D eigenvalue weighted by molar-refractivity contribution is 7.61. The van der Waals surface area contributed by atoms with Gasteiger partial charge in [0.25, 0.3) is 0 Å². The van der Waals surface area contributed by atoms with Gasteiger partial charge in [0, 0.05) is 0 Å². The van der Waals surface area contributed by atoms with Crippen LogP contribution in [0.15, 0.2) is 24.3 Å². The van der Waals surface area contributed by atoms with Crippen molar-refractivity contribution in [3.05, 3.63) is 30.3 Å². The lowest BCUT2D eigenvalue weighted by atomic mass is 10.4. The molecular weight excluding hydrogens is 189 g/mol. The van der Waals surface area contributed by atoms with E-state index < -0.39 is 7.60 Å². The summed E-state index contributed by atoms with van der Waals surface area (Å²) in [6, 6.07) is 7.80. The largest absolute Gasteiger partial charge is 0.424 e. The Balaban J connectivity index is 3.04. The Morgan fingerprint density at radius 2 is 2.00 bits per heavy atom. The molecule has 0 aromatic heterocycles. The quantitative estimate of drug-likeness (QED) is 0.689. The molecule has 12 heavy (non-hydrogen) atoms. The van der Waals surface area contributed by atoms with Gasteiger partial charge in [-0.3, -0.25) is 0 Å². The van der Waals surface area contributed by atoms with Gasteiger partial charge in [-0.05, 0) is 21.2 Å². The van der Waals surface area contributed by atoms with Crippen molar-refractivity contribution in [2.75, 3.05) is 0 Å². The Labute approximate surface area is 67.3 Å². The van der Waals surface area contributed by atoms with Gasteiger partial charge in [-0.1, -0.05) is 27.7 Å². The summed E-state index contributed by atoms with van der Waals surface area (Å²) in [5.41, 5.74) is 0. The van der Waals surface area contributed by atoms with Crippen LogP contribution in [0.4, 0.5) is 9.05 Å². The third-order valence-electron chi connectivity index (χ3n) is 1.17. The van der Waals surface area contributed by atoms with E-state index in [0.29, 0.717) is 0 Å². The Hall–Kier alpha value is -0.770. The van der Waals surface area contributed by atoms with E-state index in [1.165, 1.54) is 18.2 Å². The standard InChI is InChI=1S/C6H4F2O3P/c7-10-12(9,11-8)6-4-2-1-3-5-6/h1-4H. The summed E-state index contributed by atoms with van der Waals surface area (Å²) < 4.78 is 39.9. The minimum absolute atomic E-state index is 0.296. The topological polar surface area (TPSA) is 35.5 Å². The van der Waals surface area contributed by atoms with E-state index in [1.54, 1.807) is 6.07 Å². The highest BCUT2D eigenvalue weighted by atomic mass is 31.2. The third-order valence-corrected chi connectivity index (χ3v) is 2.40.